The number of aromatic nitrogens is 2. The van der Waals surface area contributed by atoms with Crippen molar-refractivity contribution in [3.8, 4) is 11.6 Å². The SMILES string of the molecule is [2H]CC(C)(C)C(=O)OC[C@H]1OC(Oc2n[nH]c(C(C)C)c2Cc2ccc(OCCCC(=O)NC(C)(C)C(=O)N3CCN(CCO)CC3)cc2C)[C@H](OC(=O)C(C)(C)C[2H])[C@@H](OC(=O)C(C)(C)C[2H])[C@@H]1OC(=O)C(C)(C)C[2H]. The van der Waals surface area contributed by atoms with E-state index in [1.165, 1.54) is 55.4 Å². The molecule has 2 aromatic rings. The number of aliphatic hydroxyl groups is 1. The van der Waals surface area contributed by atoms with Gasteiger partial charge in [-0.15, -0.1) is 5.10 Å². The van der Waals surface area contributed by atoms with Gasteiger partial charge in [0.15, 0.2) is 12.2 Å². The summed E-state index contributed by atoms with van der Waals surface area (Å²) in [6.45, 7) is 22.0. The van der Waals surface area contributed by atoms with E-state index < -0.39 is 109 Å². The zero-order valence-corrected chi connectivity index (χ0v) is 45.4. The van der Waals surface area contributed by atoms with Crippen LogP contribution >= 0.6 is 0 Å². The number of amides is 2. The second-order valence-corrected chi connectivity index (χ2v) is 22.7. The van der Waals surface area contributed by atoms with Crippen molar-refractivity contribution in [2.75, 3.05) is 52.5 Å². The summed E-state index contributed by atoms with van der Waals surface area (Å²) in [6, 6.07) is 5.53. The van der Waals surface area contributed by atoms with Gasteiger partial charge in [0.2, 0.25) is 30.1 Å². The summed E-state index contributed by atoms with van der Waals surface area (Å²) in [6.07, 6.45) is -7.64. The highest BCUT2D eigenvalue weighted by Crippen LogP contribution is 2.37. The van der Waals surface area contributed by atoms with E-state index in [1.807, 2.05) is 32.9 Å². The molecule has 3 heterocycles. The molecule has 2 amide bonds. The third-order valence-corrected chi connectivity index (χ3v) is 12.1. The van der Waals surface area contributed by atoms with Crippen molar-refractivity contribution in [3.63, 3.8) is 0 Å². The minimum atomic E-state index is -1.75. The molecule has 5 atom stereocenters. The molecule has 0 saturated carbocycles. The molecular formula is C54H85N5O14. The van der Waals surface area contributed by atoms with Gasteiger partial charge >= 0.3 is 23.9 Å². The van der Waals surface area contributed by atoms with Gasteiger partial charge in [0.05, 0.1) is 34.9 Å². The molecule has 0 spiro atoms. The molecule has 3 N–H and O–H groups in total. The fraction of sp³-hybridized carbons (Fsp3) is 0.722. The van der Waals surface area contributed by atoms with E-state index in [2.05, 4.69) is 20.4 Å². The number of carbonyl (C=O) groups excluding carboxylic acids is 6. The third-order valence-electron chi connectivity index (χ3n) is 12.1. The molecule has 0 bridgehead atoms. The number of aliphatic hydroxyl groups excluding tert-OH is 1. The van der Waals surface area contributed by atoms with Gasteiger partial charge < -0.3 is 48.5 Å². The largest absolute Gasteiger partial charge is 0.494 e. The number of piperazine rings is 1. The fourth-order valence-electron chi connectivity index (χ4n) is 7.67. The molecule has 0 radical (unpaired) electrons. The molecule has 19 heteroatoms. The molecule has 73 heavy (non-hydrogen) atoms. The number of aromatic amines is 1. The lowest BCUT2D eigenvalue weighted by Crippen LogP contribution is -2.65. The van der Waals surface area contributed by atoms with Crippen LogP contribution in [0.5, 0.6) is 11.6 Å². The number of H-pyrrole nitrogens is 1. The van der Waals surface area contributed by atoms with Crippen LogP contribution in [0, 0.1) is 28.6 Å². The molecule has 4 rings (SSSR count). The molecule has 1 unspecified atom stereocenters. The van der Waals surface area contributed by atoms with E-state index in [1.54, 1.807) is 24.8 Å². The second-order valence-electron chi connectivity index (χ2n) is 22.7. The first-order valence-corrected chi connectivity index (χ1v) is 24.9. The van der Waals surface area contributed by atoms with Crippen LogP contribution in [-0.4, -0.2) is 150 Å². The van der Waals surface area contributed by atoms with Gasteiger partial charge in [0.25, 0.3) is 0 Å². The first-order valence-electron chi connectivity index (χ1n) is 27.7. The van der Waals surface area contributed by atoms with E-state index in [4.69, 9.17) is 38.6 Å². The summed E-state index contributed by atoms with van der Waals surface area (Å²) in [7, 11) is 0. The molecule has 2 fully saturated rings. The molecule has 1 aromatic carbocycles. The van der Waals surface area contributed by atoms with Gasteiger partial charge in [-0.2, -0.15) is 0 Å². The summed E-state index contributed by atoms with van der Waals surface area (Å²) < 4.78 is 75.5. The predicted octanol–water partition coefficient (Wildman–Crippen LogP) is 6.19. The molecule has 1 aromatic heterocycles. The lowest BCUT2D eigenvalue weighted by Gasteiger charge is -2.45. The first kappa shape index (κ1) is 54.0. The predicted molar refractivity (Wildman–Crippen MR) is 271 cm³/mol. The number of aryl methyl sites for hydroxylation is 1. The van der Waals surface area contributed by atoms with Crippen LogP contribution in [0.4, 0.5) is 0 Å². The van der Waals surface area contributed by atoms with Crippen LogP contribution in [0.3, 0.4) is 0 Å². The van der Waals surface area contributed by atoms with Crippen molar-refractivity contribution in [2.45, 2.75) is 179 Å². The van der Waals surface area contributed by atoms with E-state index in [-0.39, 0.29) is 56.6 Å². The van der Waals surface area contributed by atoms with Gasteiger partial charge in [-0.3, -0.25) is 38.8 Å². The van der Waals surface area contributed by atoms with Gasteiger partial charge in [0, 0.05) is 62.3 Å². The highest BCUT2D eigenvalue weighted by Gasteiger charge is 2.56. The normalized spacial score (nSPS) is 21.0. The Morgan fingerprint density at radius 3 is 1.93 bits per heavy atom. The molecule has 2 saturated heterocycles. The van der Waals surface area contributed by atoms with E-state index in [9.17, 15) is 33.9 Å². The van der Waals surface area contributed by atoms with E-state index >= 15 is 0 Å². The topological polar surface area (TPSA) is 234 Å². The van der Waals surface area contributed by atoms with Crippen LogP contribution in [0.15, 0.2) is 18.2 Å². The van der Waals surface area contributed by atoms with Crippen LogP contribution in [-0.2, 0) is 58.9 Å². The van der Waals surface area contributed by atoms with Gasteiger partial charge in [-0.25, -0.2) is 0 Å². The number of β-amino-alcohol motifs (C(OH)–C–C–N with tert-alkyl or cyclic N) is 1. The minimum absolute atomic E-state index is 0.00330. The van der Waals surface area contributed by atoms with Crippen molar-refractivity contribution in [2.24, 2.45) is 21.7 Å². The molecular weight excluding hydrogens is 943 g/mol. The van der Waals surface area contributed by atoms with Crippen molar-refractivity contribution in [1.29, 1.82) is 0 Å². The molecule has 19 nitrogen and oxygen atoms in total. The highest BCUT2D eigenvalue weighted by molar-refractivity contribution is 5.91. The van der Waals surface area contributed by atoms with Crippen molar-refractivity contribution in [1.82, 2.24) is 25.3 Å². The molecule has 2 aliphatic rings. The summed E-state index contributed by atoms with van der Waals surface area (Å²) >= 11 is 0. The second kappa shape index (κ2) is 24.4. The number of esters is 4. The molecule has 2 aliphatic heterocycles. The maximum Gasteiger partial charge on any atom is 0.311 e. The Hall–Kier alpha value is -5.27. The number of hydrogen-bond donors (Lipinski definition) is 3. The number of nitrogens with zero attached hydrogens (tertiary/aromatic N) is 3. The third kappa shape index (κ3) is 16.9. The summed E-state index contributed by atoms with van der Waals surface area (Å²) in [4.78, 5) is 85.4. The van der Waals surface area contributed by atoms with Crippen LogP contribution < -0.4 is 14.8 Å². The standard InChI is InChI=1S/C54H85N5O14/c1-32(2)39-36(30-34-20-21-35(29-33(34)3)67-28-18-19-38(61)55-54(16,17)45(62)59-24-22-58(23-25-59)26-27-60)43(57-56-39)73-44-42(72-49(66)53(13,14)15)41(71-48(65)52(10,11)12)40(70-47(64)51(7,8)9)37(69-44)31-68-46(63)50(4,5)6/h20-21,29,32,37,40-42,44,60H,18-19,22-28,30-31H2,1-17H3,(H,55,61)(H,56,57)/t37-,40-,41+,42-,44?/m1/s1/i4D,7D,10D,13D. The lowest BCUT2D eigenvalue weighted by molar-refractivity contribution is -0.294. The maximum atomic E-state index is 14.0. The average Bonchev–Trinajstić information content (AvgIpc) is 3.78. The highest BCUT2D eigenvalue weighted by atomic mass is 16.7. The molecule has 410 valence electrons. The smallest absolute Gasteiger partial charge is 0.311 e. The first-order chi connectivity index (χ1) is 35.9. The Morgan fingerprint density at radius 1 is 0.822 bits per heavy atom. The van der Waals surface area contributed by atoms with Gasteiger partial charge in [-0.05, 0) is 139 Å². The quantitative estimate of drug-likeness (QED) is 0.0809. The Bertz CT molecular complexity index is 2350. The number of rotatable bonds is 19. The Morgan fingerprint density at radius 2 is 1.38 bits per heavy atom. The maximum absolute atomic E-state index is 14.0. The summed E-state index contributed by atoms with van der Waals surface area (Å²) in [5, 5.41) is 19.7. The van der Waals surface area contributed by atoms with E-state index in [0.29, 0.717) is 56.2 Å². The van der Waals surface area contributed by atoms with Crippen LogP contribution in [0.2, 0.25) is 0 Å². The fourth-order valence-corrected chi connectivity index (χ4v) is 7.67. The Balaban J connectivity index is 1.65. The minimum Gasteiger partial charge on any atom is -0.494 e. The van der Waals surface area contributed by atoms with Crippen molar-refractivity contribution >= 4 is 35.7 Å². The zero-order chi connectivity index (χ0) is 57.8. The van der Waals surface area contributed by atoms with Crippen molar-refractivity contribution < 1.29 is 72.5 Å². The summed E-state index contributed by atoms with van der Waals surface area (Å²) in [5.74, 6) is -3.59. The monoisotopic (exact) mass is 1030 g/mol. The van der Waals surface area contributed by atoms with Crippen LogP contribution in [0.1, 0.15) is 157 Å². The number of carbonyl (C=O) groups is 6. The number of benzene rings is 1. The number of ether oxygens (including phenoxy) is 7. The number of hydrogen-bond acceptors (Lipinski definition) is 16. The Labute approximate surface area is 438 Å². The Kier molecular flexibility index (Phi) is 18.0. The van der Waals surface area contributed by atoms with Crippen molar-refractivity contribution in [3.05, 3.63) is 40.6 Å². The van der Waals surface area contributed by atoms with Crippen LogP contribution in [0.25, 0.3) is 0 Å². The average molecular weight is 1030 g/mol. The summed E-state index contributed by atoms with van der Waals surface area (Å²) in [5.41, 5.74) is -3.72. The molecule has 0 aliphatic carbocycles. The zero-order valence-electron chi connectivity index (χ0n) is 49.4. The number of nitrogens with one attached hydrogen (secondary N) is 2. The van der Waals surface area contributed by atoms with Gasteiger partial charge in [-0.1, -0.05) is 19.9 Å². The van der Waals surface area contributed by atoms with E-state index in [0.717, 1.165) is 11.1 Å². The lowest BCUT2D eigenvalue weighted by atomic mass is 9.93. The van der Waals surface area contributed by atoms with Gasteiger partial charge in [0.1, 0.15) is 24.0 Å².